The fourth-order valence-corrected chi connectivity index (χ4v) is 5.35. The average molecular weight is 582 g/mol. The molecule has 0 radical (unpaired) electrons. The second kappa shape index (κ2) is 11.3. The van der Waals surface area contributed by atoms with Gasteiger partial charge in [0.15, 0.2) is 5.75 Å². The van der Waals surface area contributed by atoms with Crippen LogP contribution in [0, 0.1) is 0 Å². The summed E-state index contributed by atoms with van der Waals surface area (Å²) in [7, 11) is -1.04. The van der Waals surface area contributed by atoms with Gasteiger partial charge in [-0.3, -0.25) is 0 Å². The van der Waals surface area contributed by atoms with E-state index in [0.29, 0.717) is 41.8 Å². The Morgan fingerprint density at radius 2 is 1.75 bits per heavy atom. The van der Waals surface area contributed by atoms with E-state index in [9.17, 15) is 14.8 Å². The predicted molar refractivity (Wildman–Crippen MR) is 134 cm³/mol. The van der Waals surface area contributed by atoms with Gasteiger partial charge in [0.2, 0.25) is 0 Å². The first-order valence-electron chi connectivity index (χ1n) is 9.90. The topological polar surface area (TPSA) is 76.0 Å². The summed E-state index contributed by atoms with van der Waals surface area (Å²) in [5.41, 5.74) is 3.02. The van der Waals surface area contributed by atoms with E-state index >= 15 is 0 Å². The molecule has 2 N–H and O–H groups in total. The summed E-state index contributed by atoms with van der Waals surface area (Å²) in [6, 6.07) is 16.1. The van der Waals surface area contributed by atoms with Gasteiger partial charge in [-0.2, -0.15) is 0 Å². The van der Waals surface area contributed by atoms with Crippen molar-refractivity contribution in [2.75, 3.05) is 13.3 Å². The first kappa shape index (κ1) is 24.7. The molecule has 0 saturated carbocycles. The molecule has 3 aromatic carbocycles. The molecule has 0 aliphatic carbocycles. The van der Waals surface area contributed by atoms with Crippen LogP contribution in [0.4, 0.5) is 0 Å². The zero-order valence-electron chi connectivity index (χ0n) is 17.6. The molecule has 0 spiro atoms. The third kappa shape index (κ3) is 6.55. The Balaban J connectivity index is 1.83. The third-order valence-corrected chi connectivity index (χ3v) is 6.57. The van der Waals surface area contributed by atoms with E-state index in [1.165, 1.54) is 0 Å². The number of phenols is 1. The number of carbonyl (C=O) groups is 1. The molecule has 0 aliphatic rings. The van der Waals surface area contributed by atoms with Crippen LogP contribution < -0.4 is 4.74 Å². The van der Waals surface area contributed by atoms with Gasteiger partial charge in [-0.05, 0) is 99.0 Å². The number of phenolic OH excluding ortho intramolecular Hbond substituents is 1. The van der Waals surface area contributed by atoms with Crippen LogP contribution in [0.5, 0.6) is 17.2 Å². The Morgan fingerprint density at radius 3 is 2.41 bits per heavy atom. The van der Waals surface area contributed by atoms with E-state index in [4.69, 9.17) is 9.47 Å². The summed E-state index contributed by atoms with van der Waals surface area (Å²) in [5.74, 6) is 0.943. The number of halogens is 2. The monoisotopic (exact) mass is 580 g/mol. The SMILES string of the molecule is CCOC(=O)c1cccc(Cc2cc(Oc3c(Br)cc(CP(C)O)cc3Br)ccc2O)c1. The molecular weight excluding hydrogens is 559 g/mol. The molecule has 0 aliphatic heterocycles. The van der Waals surface area contributed by atoms with Crippen molar-refractivity contribution in [2.45, 2.75) is 19.5 Å². The van der Waals surface area contributed by atoms with Crippen LogP contribution in [0.25, 0.3) is 0 Å². The number of hydrogen-bond donors (Lipinski definition) is 2. The highest BCUT2D eigenvalue weighted by Crippen LogP contribution is 2.41. The molecule has 5 nitrogen and oxygen atoms in total. The van der Waals surface area contributed by atoms with Crippen molar-refractivity contribution in [2.24, 2.45) is 0 Å². The molecule has 0 heterocycles. The van der Waals surface area contributed by atoms with E-state index in [-0.39, 0.29) is 11.7 Å². The lowest BCUT2D eigenvalue weighted by Crippen LogP contribution is -2.05. The molecule has 0 saturated heterocycles. The number of benzene rings is 3. The summed E-state index contributed by atoms with van der Waals surface area (Å²) < 4.78 is 12.7. The maximum Gasteiger partial charge on any atom is 0.338 e. The lowest BCUT2D eigenvalue weighted by atomic mass is 10.0. The Bertz CT molecular complexity index is 1090. The minimum atomic E-state index is -1.04. The second-order valence-corrected chi connectivity index (χ2v) is 10.5. The van der Waals surface area contributed by atoms with Crippen LogP contribution in [-0.2, 0) is 17.3 Å². The highest BCUT2D eigenvalue weighted by atomic mass is 79.9. The van der Waals surface area contributed by atoms with Gasteiger partial charge in [0, 0.05) is 26.3 Å². The Morgan fingerprint density at radius 1 is 1.03 bits per heavy atom. The van der Waals surface area contributed by atoms with Crippen molar-refractivity contribution in [1.82, 2.24) is 0 Å². The number of rotatable bonds is 8. The number of carbonyl (C=O) groups excluding carboxylic acids is 1. The Hall–Kier alpha value is -1.92. The van der Waals surface area contributed by atoms with Gasteiger partial charge in [-0.15, -0.1) is 0 Å². The van der Waals surface area contributed by atoms with Crippen LogP contribution in [0.3, 0.4) is 0 Å². The van der Waals surface area contributed by atoms with Crippen LogP contribution >= 0.6 is 40.0 Å². The van der Waals surface area contributed by atoms with Crippen LogP contribution in [-0.4, -0.2) is 29.2 Å². The van der Waals surface area contributed by atoms with Crippen molar-refractivity contribution < 1.29 is 24.3 Å². The normalized spacial score (nSPS) is 11.8. The smallest absolute Gasteiger partial charge is 0.338 e. The first-order chi connectivity index (χ1) is 15.3. The van der Waals surface area contributed by atoms with Crippen LogP contribution in [0.1, 0.15) is 34.0 Å². The van der Waals surface area contributed by atoms with Gasteiger partial charge in [-0.25, -0.2) is 4.79 Å². The third-order valence-electron chi connectivity index (χ3n) is 4.57. The molecule has 32 heavy (non-hydrogen) atoms. The first-order valence-corrected chi connectivity index (χ1v) is 13.4. The van der Waals surface area contributed by atoms with Crippen LogP contribution in [0.2, 0.25) is 0 Å². The lowest BCUT2D eigenvalue weighted by molar-refractivity contribution is 0.0526. The lowest BCUT2D eigenvalue weighted by Gasteiger charge is -2.14. The molecule has 168 valence electrons. The van der Waals surface area contributed by atoms with Gasteiger partial charge < -0.3 is 19.5 Å². The summed E-state index contributed by atoms with van der Waals surface area (Å²) in [6.45, 7) is 3.89. The highest BCUT2D eigenvalue weighted by Gasteiger charge is 2.14. The molecule has 3 aromatic rings. The summed E-state index contributed by atoms with van der Waals surface area (Å²) in [5, 5.41) is 10.4. The molecule has 8 heteroatoms. The van der Waals surface area contributed by atoms with E-state index in [2.05, 4.69) is 31.9 Å². The minimum Gasteiger partial charge on any atom is -0.508 e. The van der Waals surface area contributed by atoms with Crippen molar-refractivity contribution >= 4 is 46.0 Å². The maximum atomic E-state index is 12.0. The van der Waals surface area contributed by atoms with E-state index in [1.54, 1.807) is 43.3 Å². The van der Waals surface area contributed by atoms with Gasteiger partial charge in [0.05, 0.1) is 21.1 Å². The summed E-state index contributed by atoms with van der Waals surface area (Å²) in [6.07, 6.45) is 1.02. The fraction of sp³-hybridized carbons (Fsp3) is 0.208. The van der Waals surface area contributed by atoms with E-state index < -0.39 is 8.15 Å². The zero-order valence-corrected chi connectivity index (χ0v) is 21.7. The Labute approximate surface area is 205 Å². The van der Waals surface area contributed by atoms with Gasteiger partial charge in [0.25, 0.3) is 0 Å². The van der Waals surface area contributed by atoms with Gasteiger partial charge >= 0.3 is 5.97 Å². The molecule has 0 bridgehead atoms. The quantitative estimate of drug-likeness (QED) is 0.221. The molecule has 1 atom stereocenters. The zero-order chi connectivity index (χ0) is 23.3. The van der Waals surface area contributed by atoms with E-state index in [1.807, 2.05) is 24.9 Å². The Kier molecular flexibility index (Phi) is 8.72. The predicted octanol–water partition coefficient (Wildman–Crippen LogP) is 7.00. The maximum absolute atomic E-state index is 12.0. The molecule has 3 rings (SSSR count). The van der Waals surface area contributed by atoms with Gasteiger partial charge in [-0.1, -0.05) is 12.1 Å². The molecular formula is C24H23Br2O5P. The summed E-state index contributed by atoms with van der Waals surface area (Å²) in [4.78, 5) is 21.7. The number of hydrogen-bond acceptors (Lipinski definition) is 5. The van der Waals surface area contributed by atoms with Crippen molar-refractivity contribution in [3.8, 4) is 17.2 Å². The average Bonchev–Trinajstić information content (AvgIpc) is 2.73. The molecule has 0 aromatic heterocycles. The number of aromatic hydroxyl groups is 1. The minimum absolute atomic E-state index is 0.145. The van der Waals surface area contributed by atoms with Crippen molar-refractivity contribution in [3.05, 3.63) is 85.8 Å². The summed E-state index contributed by atoms with van der Waals surface area (Å²) >= 11 is 7.09. The molecule has 0 amide bonds. The number of ether oxygens (including phenoxy) is 2. The second-order valence-electron chi connectivity index (χ2n) is 7.19. The molecule has 1 unspecified atom stereocenters. The standard InChI is InChI=1S/C24H23Br2O5P/c1-3-30-24(28)17-6-4-5-15(9-17)10-18-13-19(7-8-22(18)27)31-23-20(25)11-16(12-21(23)26)14-32(2)29/h4-9,11-13,27,29H,3,10,14H2,1-2H3. The number of esters is 1. The highest BCUT2D eigenvalue weighted by molar-refractivity contribution is 9.11. The van der Waals surface area contributed by atoms with Crippen molar-refractivity contribution in [3.63, 3.8) is 0 Å². The van der Waals surface area contributed by atoms with Gasteiger partial charge in [0.1, 0.15) is 11.5 Å². The van der Waals surface area contributed by atoms with Crippen molar-refractivity contribution in [1.29, 1.82) is 0 Å². The largest absolute Gasteiger partial charge is 0.508 e. The van der Waals surface area contributed by atoms with Crippen LogP contribution in [0.15, 0.2) is 63.5 Å². The molecule has 0 fully saturated rings. The fourth-order valence-electron chi connectivity index (χ4n) is 3.19. The van der Waals surface area contributed by atoms with E-state index in [0.717, 1.165) is 20.1 Å².